The van der Waals surface area contributed by atoms with Gasteiger partial charge in [0.05, 0.1) is 18.7 Å². The third-order valence-electron chi connectivity index (χ3n) is 3.17. The minimum Gasteiger partial charge on any atom is -0.480 e. The average Bonchev–Trinajstić information content (AvgIpc) is 3.27. The number of halogens is 3. The number of nitrogens with two attached hydrogens (primary N) is 1. The fourth-order valence-electron chi connectivity index (χ4n) is 1.82. The van der Waals surface area contributed by atoms with Crippen LogP contribution in [0.15, 0.2) is 25.0 Å². The lowest BCUT2D eigenvalue weighted by Crippen LogP contribution is -2.50. The first-order valence-corrected chi connectivity index (χ1v) is 7.54. The Labute approximate surface area is 155 Å². The van der Waals surface area contributed by atoms with Crippen molar-refractivity contribution >= 4 is 17.8 Å². The van der Waals surface area contributed by atoms with Crippen LogP contribution in [-0.2, 0) is 27.2 Å². The summed E-state index contributed by atoms with van der Waals surface area (Å²) in [5.41, 5.74) is 7.08. The van der Waals surface area contributed by atoms with Crippen molar-refractivity contribution in [1.29, 1.82) is 0 Å². The zero-order chi connectivity index (χ0) is 21.3. The maximum atomic E-state index is 12.0. The molecule has 2 aromatic heterocycles. The van der Waals surface area contributed by atoms with Crippen LogP contribution < -0.4 is 11.1 Å². The number of aliphatic carboxylic acids is 2. The molecule has 0 aliphatic carbocycles. The fraction of sp³-hybridized carbons (Fsp3) is 0.357. The number of alkyl halides is 3. The van der Waals surface area contributed by atoms with Gasteiger partial charge in [-0.05, 0) is 0 Å². The topological polar surface area (TPSA) is 187 Å². The Kier molecular flexibility index (Phi) is 8.12. The second kappa shape index (κ2) is 10.1. The van der Waals surface area contributed by atoms with E-state index in [-0.39, 0.29) is 12.8 Å². The minimum absolute atomic E-state index is 0.109. The van der Waals surface area contributed by atoms with E-state index >= 15 is 0 Å². The van der Waals surface area contributed by atoms with Crippen LogP contribution in [-0.4, -0.2) is 66.3 Å². The van der Waals surface area contributed by atoms with Gasteiger partial charge >= 0.3 is 18.1 Å². The Bertz CT molecular complexity index is 763. The number of carboxylic acid groups (broad SMARTS) is 2. The molecule has 154 valence electrons. The maximum Gasteiger partial charge on any atom is 0.490 e. The Hall–Kier alpha value is -3.42. The van der Waals surface area contributed by atoms with E-state index in [1.54, 1.807) is 6.20 Å². The molecule has 0 bridgehead atoms. The highest BCUT2D eigenvalue weighted by Crippen LogP contribution is 2.13. The van der Waals surface area contributed by atoms with Crippen molar-refractivity contribution in [1.82, 2.24) is 25.3 Å². The maximum absolute atomic E-state index is 12.0. The molecule has 14 heteroatoms. The van der Waals surface area contributed by atoms with Crippen LogP contribution in [0, 0.1) is 0 Å². The van der Waals surface area contributed by atoms with E-state index < -0.39 is 36.1 Å². The van der Waals surface area contributed by atoms with Crippen LogP contribution in [0.1, 0.15) is 11.4 Å². The van der Waals surface area contributed by atoms with Gasteiger partial charge in [0.2, 0.25) is 5.91 Å². The SMILES string of the molecule is N[C@@H](Cc1cnc[nH]1)C(=O)N[C@@H](Cc1cnc[nH]1)C(=O)O.O=C(O)C(F)(F)F. The predicted octanol–water partition coefficient (Wildman–Crippen LogP) is -0.552. The normalized spacial score (nSPS) is 13.0. The number of hydrogen-bond donors (Lipinski definition) is 6. The Morgan fingerprint density at radius 3 is 1.89 bits per heavy atom. The third-order valence-corrected chi connectivity index (χ3v) is 3.17. The monoisotopic (exact) mass is 406 g/mol. The molecule has 0 radical (unpaired) electrons. The number of carbonyl (C=O) groups excluding carboxylic acids is 1. The first-order valence-electron chi connectivity index (χ1n) is 7.54. The van der Waals surface area contributed by atoms with Gasteiger partial charge in [0.15, 0.2) is 0 Å². The largest absolute Gasteiger partial charge is 0.490 e. The summed E-state index contributed by atoms with van der Waals surface area (Å²) in [5, 5.41) is 18.7. The molecule has 0 aromatic carbocycles. The van der Waals surface area contributed by atoms with Crippen LogP contribution in [0.2, 0.25) is 0 Å². The predicted molar refractivity (Wildman–Crippen MR) is 85.8 cm³/mol. The van der Waals surface area contributed by atoms with Crippen LogP contribution in [0.5, 0.6) is 0 Å². The van der Waals surface area contributed by atoms with E-state index in [0.29, 0.717) is 11.4 Å². The summed E-state index contributed by atoms with van der Waals surface area (Å²) in [5.74, 6) is -4.42. The third kappa shape index (κ3) is 7.86. The van der Waals surface area contributed by atoms with E-state index in [0.717, 1.165) is 0 Å². The van der Waals surface area contributed by atoms with Gasteiger partial charge in [-0.15, -0.1) is 0 Å². The van der Waals surface area contributed by atoms with Gasteiger partial charge in [-0.3, -0.25) is 4.79 Å². The van der Waals surface area contributed by atoms with E-state index in [9.17, 15) is 22.8 Å². The molecule has 0 aliphatic heterocycles. The van der Waals surface area contributed by atoms with Gasteiger partial charge in [0, 0.05) is 36.6 Å². The Balaban J connectivity index is 0.000000480. The first kappa shape index (κ1) is 22.6. The summed E-state index contributed by atoms with van der Waals surface area (Å²) >= 11 is 0. The van der Waals surface area contributed by atoms with Crippen molar-refractivity contribution in [3.63, 3.8) is 0 Å². The molecule has 0 fully saturated rings. The van der Waals surface area contributed by atoms with E-state index in [4.69, 9.17) is 20.7 Å². The summed E-state index contributed by atoms with van der Waals surface area (Å²) < 4.78 is 31.7. The summed E-state index contributed by atoms with van der Waals surface area (Å²) in [4.78, 5) is 45.3. The quantitative estimate of drug-likeness (QED) is 0.353. The lowest BCUT2D eigenvalue weighted by Gasteiger charge is -2.17. The number of nitrogens with zero attached hydrogens (tertiary/aromatic N) is 2. The van der Waals surface area contributed by atoms with Crippen molar-refractivity contribution in [2.45, 2.75) is 31.1 Å². The zero-order valence-electron chi connectivity index (χ0n) is 14.1. The van der Waals surface area contributed by atoms with Gasteiger partial charge in [-0.2, -0.15) is 13.2 Å². The smallest absolute Gasteiger partial charge is 0.480 e. The average molecular weight is 406 g/mol. The molecule has 0 spiro atoms. The molecule has 7 N–H and O–H groups in total. The van der Waals surface area contributed by atoms with E-state index in [1.165, 1.54) is 18.9 Å². The lowest BCUT2D eigenvalue weighted by atomic mass is 10.1. The summed E-state index contributed by atoms with van der Waals surface area (Å²) in [6, 6.07) is -1.92. The molecule has 2 rings (SSSR count). The number of amides is 1. The van der Waals surface area contributed by atoms with Crippen molar-refractivity contribution in [3.05, 3.63) is 36.4 Å². The van der Waals surface area contributed by atoms with Crippen LogP contribution in [0.25, 0.3) is 0 Å². The molecule has 28 heavy (non-hydrogen) atoms. The number of carbonyl (C=O) groups is 3. The standard InChI is InChI=1S/C12H16N6O3.C2HF3O2/c13-9(1-7-3-14-5-16-7)11(19)18-10(12(20)21)2-8-4-15-6-17-8;3-2(4,5)1(6)7/h3-6,9-10H,1-2,13H2,(H,14,16)(H,15,17)(H,18,19)(H,20,21);(H,6,7)/t9-,10-;/m0./s1. The van der Waals surface area contributed by atoms with E-state index in [2.05, 4.69) is 25.3 Å². The van der Waals surface area contributed by atoms with Gasteiger partial charge in [-0.1, -0.05) is 0 Å². The van der Waals surface area contributed by atoms with Gasteiger partial charge < -0.3 is 31.2 Å². The molecule has 11 nitrogen and oxygen atoms in total. The summed E-state index contributed by atoms with van der Waals surface area (Å²) in [7, 11) is 0. The molecule has 2 heterocycles. The van der Waals surface area contributed by atoms with Gasteiger partial charge in [-0.25, -0.2) is 19.6 Å². The Morgan fingerprint density at radius 2 is 1.54 bits per heavy atom. The number of aromatic nitrogens is 4. The number of nitrogens with one attached hydrogen (secondary N) is 3. The molecule has 0 aliphatic rings. The number of H-pyrrole nitrogens is 2. The van der Waals surface area contributed by atoms with Crippen molar-refractivity contribution in [3.8, 4) is 0 Å². The molecular formula is C14H17F3N6O5. The molecule has 2 aromatic rings. The van der Waals surface area contributed by atoms with Crippen LogP contribution >= 0.6 is 0 Å². The summed E-state index contributed by atoms with van der Waals surface area (Å²) in [6.07, 6.45) is 1.28. The van der Waals surface area contributed by atoms with E-state index in [1.807, 2.05) is 0 Å². The molecule has 0 saturated carbocycles. The zero-order valence-corrected chi connectivity index (χ0v) is 14.1. The number of aromatic amines is 2. The van der Waals surface area contributed by atoms with Gasteiger partial charge in [0.25, 0.3) is 0 Å². The minimum atomic E-state index is -5.08. The van der Waals surface area contributed by atoms with Crippen molar-refractivity contribution < 1.29 is 37.8 Å². The molecule has 0 saturated heterocycles. The Morgan fingerprint density at radius 1 is 1.07 bits per heavy atom. The fourth-order valence-corrected chi connectivity index (χ4v) is 1.82. The second-order valence-corrected chi connectivity index (χ2v) is 5.37. The highest BCUT2D eigenvalue weighted by atomic mass is 19.4. The van der Waals surface area contributed by atoms with Crippen molar-refractivity contribution in [2.24, 2.45) is 5.73 Å². The number of rotatable bonds is 7. The molecule has 2 atom stereocenters. The number of carboxylic acids is 2. The van der Waals surface area contributed by atoms with Crippen molar-refractivity contribution in [2.75, 3.05) is 0 Å². The number of hydrogen-bond acceptors (Lipinski definition) is 6. The summed E-state index contributed by atoms with van der Waals surface area (Å²) in [6.45, 7) is 0. The molecular weight excluding hydrogens is 389 g/mol. The highest BCUT2D eigenvalue weighted by Gasteiger charge is 2.38. The molecule has 1 amide bonds. The molecule has 0 unspecified atom stereocenters. The first-order chi connectivity index (χ1) is 13.0. The van der Waals surface area contributed by atoms with Gasteiger partial charge in [0.1, 0.15) is 6.04 Å². The lowest BCUT2D eigenvalue weighted by molar-refractivity contribution is -0.192. The van der Waals surface area contributed by atoms with Crippen LogP contribution in [0.3, 0.4) is 0 Å². The van der Waals surface area contributed by atoms with Crippen LogP contribution in [0.4, 0.5) is 13.2 Å². The number of imidazole rings is 2. The highest BCUT2D eigenvalue weighted by molar-refractivity contribution is 5.87. The second-order valence-electron chi connectivity index (χ2n) is 5.37.